The average Bonchev–Trinajstić information content (AvgIpc) is 2.82. The molecule has 0 N–H and O–H groups in total. The van der Waals surface area contributed by atoms with Gasteiger partial charge in [-0.2, -0.15) is 13.2 Å². The second-order valence-corrected chi connectivity index (χ2v) is 9.38. The molecule has 4 rings (SSSR count). The zero-order valence-corrected chi connectivity index (χ0v) is 20.0. The van der Waals surface area contributed by atoms with Crippen LogP contribution in [-0.4, -0.2) is 23.7 Å². The molecule has 184 valence electrons. The van der Waals surface area contributed by atoms with Gasteiger partial charge in [0.25, 0.3) is 0 Å². The van der Waals surface area contributed by atoms with Gasteiger partial charge in [-0.15, -0.1) is 0 Å². The van der Waals surface area contributed by atoms with Crippen LogP contribution in [0.5, 0.6) is 0 Å². The minimum atomic E-state index is -4.40. The molecule has 0 atom stereocenters. The van der Waals surface area contributed by atoms with Crippen molar-refractivity contribution in [1.29, 1.82) is 0 Å². The fourth-order valence-electron chi connectivity index (χ4n) is 4.78. The Hall–Kier alpha value is -2.34. The molecule has 2 fully saturated rings. The van der Waals surface area contributed by atoms with E-state index in [0.717, 1.165) is 62.7 Å². The number of aryl methyl sites for hydroxylation is 1. The van der Waals surface area contributed by atoms with Crippen molar-refractivity contribution in [3.05, 3.63) is 69.8 Å². The summed E-state index contributed by atoms with van der Waals surface area (Å²) in [7, 11) is 0. The van der Waals surface area contributed by atoms with E-state index in [1.807, 2.05) is 30.0 Å². The second kappa shape index (κ2) is 10.9. The van der Waals surface area contributed by atoms with Crippen LogP contribution >= 0.6 is 0 Å². The molecule has 1 aliphatic carbocycles. The van der Waals surface area contributed by atoms with Crippen LogP contribution in [0.2, 0.25) is 0 Å². The van der Waals surface area contributed by atoms with Gasteiger partial charge in [-0.3, -0.25) is 4.90 Å². The summed E-state index contributed by atoms with van der Waals surface area (Å²) in [6.45, 7) is 3.72. The normalized spacial score (nSPS) is 19.4. The van der Waals surface area contributed by atoms with Crippen molar-refractivity contribution in [3.8, 4) is 0 Å². The molecule has 2 aromatic rings. The maximum Gasteiger partial charge on any atom is 0.416 e. The number of hydrogen-bond acceptors (Lipinski definition) is 3. The minimum Gasteiger partial charge on any atom is -0.391 e. The summed E-state index contributed by atoms with van der Waals surface area (Å²) in [5.74, 6) is -0.0337. The number of oxime groups is 1. The van der Waals surface area contributed by atoms with Crippen LogP contribution in [0.4, 0.5) is 13.2 Å². The number of likely N-dealkylation sites (tertiary alicyclic amines) is 1. The van der Waals surface area contributed by atoms with Crippen molar-refractivity contribution in [2.24, 2.45) is 5.16 Å². The lowest BCUT2D eigenvalue weighted by Gasteiger charge is -2.31. The summed E-state index contributed by atoms with van der Waals surface area (Å²) < 4.78 is 58.6. The molecule has 34 heavy (non-hydrogen) atoms. The number of alkyl halides is 3. The summed E-state index contributed by atoms with van der Waals surface area (Å²) in [6, 6.07) is 10.1. The molecular formula is C28H35F3N2O. The number of nitrogens with zero attached hydrogens (tertiary/aromatic N) is 2. The fourth-order valence-corrected chi connectivity index (χ4v) is 4.78. The zero-order valence-electron chi connectivity index (χ0n) is 22.0. The lowest BCUT2D eigenvalue weighted by Crippen LogP contribution is -2.36. The van der Waals surface area contributed by atoms with Gasteiger partial charge in [0.05, 0.1) is 11.3 Å². The van der Waals surface area contributed by atoms with Gasteiger partial charge in [-0.25, -0.2) is 0 Å². The van der Waals surface area contributed by atoms with Crippen molar-refractivity contribution in [1.82, 2.24) is 4.90 Å². The first kappa shape index (κ1) is 22.1. The Labute approximate surface area is 203 Å². The van der Waals surface area contributed by atoms with Crippen molar-refractivity contribution < 1.29 is 20.8 Å². The Morgan fingerprint density at radius 3 is 2.47 bits per heavy atom. The van der Waals surface area contributed by atoms with Crippen LogP contribution in [0.3, 0.4) is 0 Å². The van der Waals surface area contributed by atoms with Gasteiger partial charge < -0.3 is 4.84 Å². The number of rotatable bonds is 8. The zero-order chi connectivity index (χ0) is 25.9. The summed E-state index contributed by atoms with van der Waals surface area (Å²) in [6.07, 6.45) is 1.94. The van der Waals surface area contributed by atoms with Crippen LogP contribution < -0.4 is 0 Å². The Balaban J connectivity index is 1.47. The molecule has 1 saturated heterocycles. The van der Waals surface area contributed by atoms with Gasteiger partial charge in [0, 0.05) is 9.24 Å². The molecule has 0 radical (unpaired) electrons. The van der Waals surface area contributed by atoms with E-state index in [2.05, 4.69) is 5.16 Å². The van der Waals surface area contributed by atoms with E-state index in [9.17, 15) is 13.2 Å². The molecule has 6 heteroatoms. The molecule has 0 spiro atoms. The van der Waals surface area contributed by atoms with Crippen LogP contribution in [0.25, 0.3) is 0 Å². The molecule has 2 aromatic carbocycles. The first-order valence-electron chi connectivity index (χ1n) is 13.4. The van der Waals surface area contributed by atoms with Crippen molar-refractivity contribution >= 4 is 5.71 Å². The molecule has 0 unspecified atom stereocenters. The fraction of sp³-hybridized carbons (Fsp3) is 0.536. The van der Waals surface area contributed by atoms with Gasteiger partial charge in [0.1, 0.15) is 6.61 Å². The quantitative estimate of drug-likeness (QED) is 0.293. The second-order valence-electron chi connectivity index (χ2n) is 9.38. The third kappa shape index (κ3) is 6.01. The maximum absolute atomic E-state index is 13.8. The average molecular weight is 475 g/mol. The monoisotopic (exact) mass is 474 g/mol. The van der Waals surface area contributed by atoms with Crippen LogP contribution in [0, 0.1) is 0 Å². The van der Waals surface area contributed by atoms with Crippen molar-refractivity contribution in [2.45, 2.75) is 84.0 Å². The molecule has 1 aliphatic heterocycles. The highest BCUT2D eigenvalue weighted by Gasteiger charge is 2.35. The summed E-state index contributed by atoms with van der Waals surface area (Å²) in [5, 5.41) is 4.15. The van der Waals surface area contributed by atoms with E-state index < -0.39 is 18.2 Å². The lowest BCUT2D eigenvalue weighted by atomic mass is 9.81. The third-order valence-electron chi connectivity index (χ3n) is 6.94. The van der Waals surface area contributed by atoms with E-state index in [0.29, 0.717) is 28.8 Å². The van der Waals surface area contributed by atoms with E-state index in [1.54, 1.807) is 19.1 Å². The van der Waals surface area contributed by atoms with Crippen molar-refractivity contribution in [2.75, 3.05) is 13.1 Å². The standard InChI is InChI=1S/C28H35F3N2O/c1-3-22-17-24(11-12-25(22)18-33-14-7-15-33)20(2)32-34-19-21-10-13-26(23-8-5-4-6-9-23)27(16-21)28(29,30)31/h10-13,16-17,23H,3-9,14-15,18-19H2,1-2H3/b32-20+/i18D2. The van der Waals surface area contributed by atoms with Crippen LogP contribution in [0.15, 0.2) is 41.6 Å². The van der Waals surface area contributed by atoms with E-state index >= 15 is 0 Å². The SMILES string of the molecule is [2H]C([2H])(c1ccc(/C(C)=N/OCc2ccc(C3CCCCC3)c(C(F)(F)F)c2)cc1CC)N1CCC1. The maximum atomic E-state index is 13.8. The smallest absolute Gasteiger partial charge is 0.391 e. The predicted molar refractivity (Wildman–Crippen MR) is 130 cm³/mol. The molecule has 0 amide bonds. The third-order valence-corrected chi connectivity index (χ3v) is 6.94. The van der Waals surface area contributed by atoms with Gasteiger partial charge in [-0.05, 0) is 91.6 Å². The Kier molecular flexibility index (Phi) is 7.12. The topological polar surface area (TPSA) is 24.8 Å². The number of benzene rings is 2. The number of hydrogen-bond donors (Lipinski definition) is 0. The summed E-state index contributed by atoms with van der Waals surface area (Å²) in [4.78, 5) is 7.30. The number of halogens is 3. The van der Waals surface area contributed by atoms with Crippen molar-refractivity contribution in [3.63, 3.8) is 0 Å². The van der Waals surface area contributed by atoms with Crippen LogP contribution in [0.1, 0.15) is 94.4 Å². The molecule has 2 aliphatic rings. The minimum absolute atomic E-state index is 0.0337. The Bertz CT molecular complexity index is 1090. The highest BCUT2D eigenvalue weighted by Crippen LogP contribution is 2.41. The Morgan fingerprint density at radius 1 is 1.06 bits per heavy atom. The largest absolute Gasteiger partial charge is 0.416 e. The molecular weight excluding hydrogens is 437 g/mol. The van der Waals surface area contributed by atoms with E-state index in [-0.39, 0.29) is 12.5 Å². The van der Waals surface area contributed by atoms with Gasteiger partial charge in [0.2, 0.25) is 0 Å². The van der Waals surface area contributed by atoms with E-state index in [1.165, 1.54) is 6.07 Å². The molecule has 1 heterocycles. The van der Waals surface area contributed by atoms with Gasteiger partial charge >= 0.3 is 6.18 Å². The lowest BCUT2D eigenvalue weighted by molar-refractivity contribution is -0.138. The summed E-state index contributed by atoms with van der Waals surface area (Å²) >= 11 is 0. The molecule has 0 bridgehead atoms. The first-order valence-corrected chi connectivity index (χ1v) is 12.4. The highest BCUT2D eigenvalue weighted by molar-refractivity contribution is 5.98. The van der Waals surface area contributed by atoms with Gasteiger partial charge in [-0.1, -0.05) is 55.6 Å². The van der Waals surface area contributed by atoms with E-state index in [4.69, 9.17) is 7.58 Å². The first-order chi connectivity index (χ1) is 17.1. The predicted octanol–water partition coefficient (Wildman–Crippen LogP) is 7.46. The highest BCUT2D eigenvalue weighted by atomic mass is 19.4. The summed E-state index contributed by atoms with van der Waals surface area (Å²) in [5.41, 5.74) is 3.25. The molecule has 0 aromatic heterocycles. The Morgan fingerprint density at radius 2 is 1.82 bits per heavy atom. The van der Waals surface area contributed by atoms with Crippen LogP contribution in [-0.2, 0) is 30.5 Å². The van der Waals surface area contributed by atoms with Gasteiger partial charge in [0.15, 0.2) is 0 Å². The molecule has 1 saturated carbocycles. The molecule has 3 nitrogen and oxygen atoms in total.